The molecule has 0 saturated carbocycles. The molecule has 0 fully saturated rings. The average molecular weight is 166 g/mol. The number of halogens is 1. The minimum absolute atomic E-state index is 0.455. The Morgan fingerprint density at radius 1 is 1.83 bits per heavy atom. The molecule has 0 N–H and O–H groups in total. The van der Waals surface area contributed by atoms with Gasteiger partial charge >= 0.3 is 46.3 Å². The normalized spacial score (nSPS) is 8.83. The summed E-state index contributed by atoms with van der Waals surface area (Å²) in [6, 6.07) is 0. The number of hydrogen-bond donors (Lipinski definition) is 0. The van der Waals surface area contributed by atoms with Crippen LogP contribution < -0.4 is 0 Å². The maximum atomic E-state index is 5.39. The van der Waals surface area contributed by atoms with E-state index >= 15 is 0 Å². The van der Waals surface area contributed by atoms with E-state index in [1.165, 1.54) is 0 Å². The van der Waals surface area contributed by atoms with Crippen molar-refractivity contribution in [1.29, 1.82) is 0 Å². The van der Waals surface area contributed by atoms with E-state index in [0.717, 1.165) is 0 Å². The summed E-state index contributed by atoms with van der Waals surface area (Å²) in [7, 11) is 0. The number of rotatable bonds is 0. The van der Waals surface area contributed by atoms with Gasteiger partial charge in [0.25, 0.3) is 0 Å². The van der Waals surface area contributed by atoms with E-state index in [-0.39, 0.29) is 0 Å². The summed E-state index contributed by atoms with van der Waals surface area (Å²) in [5.74, 6) is 0. The Morgan fingerprint density at radius 3 is 2.83 bits per heavy atom. The zero-order chi connectivity index (χ0) is 4.41. The first kappa shape index (κ1) is 4.38. The first-order valence-electron chi connectivity index (χ1n) is 1.43. The molecule has 0 amide bonds. The third-order valence-corrected chi connectivity index (χ3v) is 2.13. The van der Waals surface area contributed by atoms with E-state index in [2.05, 4.69) is 4.98 Å². The Balaban J connectivity index is 3.05. The molecule has 1 nitrogen and oxygen atoms in total. The van der Waals surface area contributed by atoms with Crippen molar-refractivity contribution < 1.29 is 0 Å². The van der Waals surface area contributed by atoms with Crippen LogP contribution in [0.4, 0.5) is 0 Å². The van der Waals surface area contributed by atoms with Gasteiger partial charge in [-0.1, -0.05) is 0 Å². The molecule has 0 aliphatic rings. The molecular formula is C3H2ClNSe. The van der Waals surface area contributed by atoms with Crippen LogP contribution in [0.3, 0.4) is 0 Å². The van der Waals surface area contributed by atoms with Crippen LogP contribution in [0.15, 0.2) is 10.0 Å². The quantitative estimate of drug-likeness (QED) is 0.520. The molecule has 6 heavy (non-hydrogen) atoms. The van der Waals surface area contributed by atoms with Crippen molar-refractivity contribution in [3.8, 4) is 0 Å². The Kier molecular flexibility index (Phi) is 1.30. The van der Waals surface area contributed by atoms with Gasteiger partial charge in [-0.3, -0.25) is 0 Å². The molecule has 32 valence electrons. The van der Waals surface area contributed by atoms with Gasteiger partial charge in [-0.05, 0) is 0 Å². The Morgan fingerprint density at radius 2 is 2.67 bits per heavy atom. The summed E-state index contributed by atoms with van der Waals surface area (Å²) in [4.78, 5) is 5.69. The van der Waals surface area contributed by atoms with Crippen molar-refractivity contribution in [1.82, 2.24) is 4.98 Å². The summed E-state index contributed by atoms with van der Waals surface area (Å²) < 4.78 is 0. The monoisotopic (exact) mass is 167 g/mol. The van der Waals surface area contributed by atoms with Crippen molar-refractivity contribution in [2.75, 3.05) is 0 Å². The molecule has 0 spiro atoms. The molecular weight excluding hydrogens is 164 g/mol. The van der Waals surface area contributed by atoms with E-state index in [9.17, 15) is 0 Å². The molecule has 0 aromatic carbocycles. The fourth-order valence-corrected chi connectivity index (χ4v) is 1.50. The SMILES string of the molecule is Clc1c[se]cn1. The topological polar surface area (TPSA) is 12.9 Å². The number of nitrogens with zero attached hydrogens (tertiary/aromatic N) is 1. The average Bonchev–Trinajstić information content (AvgIpc) is 1.86. The van der Waals surface area contributed by atoms with Gasteiger partial charge in [0.05, 0.1) is 0 Å². The zero-order valence-corrected chi connectivity index (χ0v) is 5.36. The molecule has 0 radical (unpaired) electrons. The van der Waals surface area contributed by atoms with E-state index < -0.39 is 0 Å². The fraction of sp³-hybridized carbons (Fsp3) is 0. The van der Waals surface area contributed by atoms with Crippen LogP contribution >= 0.6 is 11.6 Å². The second-order valence-electron chi connectivity index (χ2n) is 0.811. The molecule has 0 aliphatic carbocycles. The van der Waals surface area contributed by atoms with Crippen LogP contribution in [0.1, 0.15) is 0 Å². The van der Waals surface area contributed by atoms with Crippen LogP contribution in [0.2, 0.25) is 5.15 Å². The molecule has 1 aromatic heterocycles. The first-order valence-corrected chi connectivity index (χ1v) is 3.79. The molecule has 1 heterocycles. The molecule has 0 atom stereocenters. The van der Waals surface area contributed by atoms with Gasteiger partial charge in [0, 0.05) is 0 Å². The van der Waals surface area contributed by atoms with Crippen molar-refractivity contribution in [3.63, 3.8) is 0 Å². The molecule has 0 unspecified atom stereocenters. The van der Waals surface area contributed by atoms with Gasteiger partial charge in [-0.2, -0.15) is 0 Å². The van der Waals surface area contributed by atoms with Gasteiger partial charge in [0.2, 0.25) is 0 Å². The Bertz CT molecular complexity index is 114. The van der Waals surface area contributed by atoms with Crippen LogP contribution in [-0.2, 0) is 0 Å². The van der Waals surface area contributed by atoms with E-state index in [1.54, 1.807) is 0 Å². The third-order valence-electron chi connectivity index (χ3n) is 0.402. The molecule has 0 aliphatic heterocycles. The molecule has 0 saturated heterocycles. The minimum atomic E-state index is 0.455. The second kappa shape index (κ2) is 1.78. The summed E-state index contributed by atoms with van der Waals surface area (Å²) in [5, 5.41) is 2.49. The summed E-state index contributed by atoms with van der Waals surface area (Å²) in [6.07, 6.45) is 0. The summed E-state index contributed by atoms with van der Waals surface area (Å²) >= 11 is 5.85. The van der Waals surface area contributed by atoms with Gasteiger partial charge in [-0.25, -0.2) is 0 Å². The maximum absolute atomic E-state index is 5.39. The second-order valence-corrected chi connectivity index (χ2v) is 2.71. The molecule has 1 aromatic rings. The standard InChI is InChI=1S/C3H2ClNSe/c4-3-1-6-2-5-3/h1-2H. The van der Waals surface area contributed by atoms with E-state index in [4.69, 9.17) is 11.6 Å². The van der Waals surface area contributed by atoms with Gasteiger partial charge in [0.1, 0.15) is 0 Å². The van der Waals surface area contributed by atoms with Crippen molar-refractivity contribution in [2.24, 2.45) is 0 Å². The zero-order valence-electron chi connectivity index (χ0n) is 2.89. The molecule has 3 heteroatoms. The number of hydrogen-bond acceptors (Lipinski definition) is 1. The summed E-state index contributed by atoms with van der Waals surface area (Å²) in [5.41, 5.74) is 0. The van der Waals surface area contributed by atoms with Crippen molar-refractivity contribution in [2.45, 2.75) is 0 Å². The van der Waals surface area contributed by atoms with Crippen LogP contribution in [-0.4, -0.2) is 19.5 Å². The van der Waals surface area contributed by atoms with E-state index in [0.29, 0.717) is 19.7 Å². The fourth-order valence-electron chi connectivity index (χ4n) is 0.198. The number of aromatic nitrogens is 1. The molecule has 1 rings (SSSR count). The predicted octanol–water partition coefficient (Wildman–Crippen LogP) is 0.792. The van der Waals surface area contributed by atoms with Crippen LogP contribution in [0, 0.1) is 0 Å². The Hall–Kier alpha value is 0.219. The van der Waals surface area contributed by atoms with Crippen LogP contribution in [0.5, 0.6) is 0 Å². The van der Waals surface area contributed by atoms with E-state index in [1.807, 2.05) is 10.0 Å². The molecule has 0 bridgehead atoms. The van der Waals surface area contributed by atoms with Crippen LogP contribution in [0.25, 0.3) is 0 Å². The predicted molar refractivity (Wildman–Crippen MR) is 26.2 cm³/mol. The first-order chi connectivity index (χ1) is 2.89. The van der Waals surface area contributed by atoms with Gasteiger partial charge in [-0.15, -0.1) is 0 Å². The third kappa shape index (κ3) is 0.839. The van der Waals surface area contributed by atoms with Gasteiger partial charge < -0.3 is 0 Å². The Labute approximate surface area is 46.7 Å². The summed E-state index contributed by atoms with van der Waals surface area (Å²) in [6.45, 7) is 0. The van der Waals surface area contributed by atoms with Crippen molar-refractivity contribution >= 4 is 26.1 Å². The van der Waals surface area contributed by atoms with Crippen molar-refractivity contribution in [3.05, 3.63) is 15.2 Å². The van der Waals surface area contributed by atoms with Gasteiger partial charge in [0.15, 0.2) is 0 Å².